The lowest BCUT2D eigenvalue weighted by atomic mass is 10.0. The standard InChI is InChI=1S/C19H13Cl2F6NO3/c20-13-2-1-10(14(21)8-13)6-15(17(30)31)28-16(29)5-9-3-11(18(22,23)24)7-12(4-9)19(25,26)27/h1-4,7-8,15H,5-6H2,(H,28,29)(H,30,31)/t15-/m1/s1. The van der Waals surface area contributed by atoms with Gasteiger partial charge in [0.25, 0.3) is 0 Å². The maximum Gasteiger partial charge on any atom is 0.416 e. The largest absolute Gasteiger partial charge is 0.480 e. The highest BCUT2D eigenvalue weighted by molar-refractivity contribution is 6.35. The highest BCUT2D eigenvalue weighted by Gasteiger charge is 2.37. The zero-order valence-corrected chi connectivity index (χ0v) is 16.8. The van der Waals surface area contributed by atoms with Crippen LogP contribution in [0.1, 0.15) is 22.3 Å². The Morgan fingerprint density at radius 2 is 1.48 bits per heavy atom. The predicted octanol–water partition coefficient (Wildman–Crippen LogP) is 5.39. The van der Waals surface area contributed by atoms with E-state index in [1.54, 1.807) is 0 Å². The normalized spacial score (nSPS) is 13.0. The molecule has 0 aliphatic carbocycles. The third-order valence-corrected chi connectivity index (χ3v) is 4.67. The molecule has 0 bridgehead atoms. The molecule has 12 heteroatoms. The van der Waals surface area contributed by atoms with Crippen molar-refractivity contribution in [2.75, 3.05) is 0 Å². The summed E-state index contributed by atoms with van der Waals surface area (Å²) in [5.74, 6) is -2.55. The zero-order valence-electron chi connectivity index (χ0n) is 15.2. The lowest BCUT2D eigenvalue weighted by molar-refractivity contribution is -0.143. The molecule has 4 nitrogen and oxygen atoms in total. The van der Waals surface area contributed by atoms with E-state index in [0.29, 0.717) is 17.7 Å². The lowest BCUT2D eigenvalue weighted by Gasteiger charge is -2.17. The Morgan fingerprint density at radius 1 is 0.935 bits per heavy atom. The van der Waals surface area contributed by atoms with Gasteiger partial charge >= 0.3 is 18.3 Å². The fourth-order valence-corrected chi connectivity index (χ4v) is 3.15. The van der Waals surface area contributed by atoms with Gasteiger partial charge in [-0.15, -0.1) is 0 Å². The number of hydrogen-bond acceptors (Lipinski definition) is 2. The number of carboxylic acid groups (broad SMARTS) is 1. The van der Waals surface area contributed by atoms with Crippen molar-refractivity contribution in [2.24, 2.45) is 0 Å². The molecule has 0 aromatic heterocycles. The molecule has 0 heterocycles. The molecule has 1 amide bonds. The van der Waals surface area contributed by atoms with Crippen LogP contribution >= 0.6 is 23.2 Å². The van der Waals surface area contributed by atoms with Crippen LogP contribution in [0, 0.1) is 0 Å². The van der Waals surface area contributed by atoms with Crippen LogP contribution in [0.2, 0.25) is 10.0 Å². The van der Waals surface area contributed by atoms with Crippen molar-refractivity contribution in [2.45, 2.75) is 31.2 Å². The van der Waals surface area contributed by atoms with Gasteiger partial charge in [-0.25, -0.2) is 4.79 Å². The molecule has 1 atom stereocenters. The lowest BCUT2D eigenvalue weighted by Crippen LogP contribution is -2.43. The van der Waals surface area contributed by atoms with Crippen molar-refractivity contribution in [1.29, 1.82) is 0 Å². The van der Waals surface area contributed by atoms with Crippen molar-refractivity contribution in [3.63, 3.8) is 0 Å². The van der Waals surface area contributed by atoms with Gasteiger partial charge in [0.15, 0.2) is 0 Å². The minimum absolute atomic E-state index is 0.0655. The number of amides is 1. The number of benzene rings is 2. The minimum atomic E-state index is -5.07. The fourth-order valence-electron chi connectivity index (χ4n) is 2.66. The SMILES string of the molecule is O=C(Cc1cc(C(F)(F)F)cc(C(F)(F)F)c1)N[C@H](Cc1ccc(Cl)cc1Cl)C(=O)O. The molecule has 0 aliphatic heterocycles. The molecule has 2 N–H and O–H groups in total. The van der Waals surface area contributed by atoms with Crippen molar-refractivity contribution in [3.05, 3.63) is 68.7 Å². The second-order valence-corrected chi connectivity index (χ2v) is 7.33. The number of carbonyl (C=O) groups is 2. The maximum absolute atomic E-state index is 12.9. The number of rotatable bonds is 6. The van der Waals surface area contributed by atoms with Crippen molar-refractivity contribution >= 4 is 35.1 Å². The van der Waals surface area contributed by atoms with Gasteiger partial charge in [-0.05, 0) is 41.5 Å². The van der Waals surface area contributed by atoms with E-state index < -0.39 is 53.4 Å². The Bertz CT molecular complexity index is 959. The summed E-state index contributed by atoms with van der Waals surface area (Å²) in [6, 6.07) is 3.42. The van der Waals surface area contributed by atoms with E-state index >= 15 is 0 Å². The highest BCUT2D eigenvalue weighted by Crippen LogP contribution is 2.36. The molecule has 0 fully saturated rings. The first-order valence-corrected chi connectivity index (χ1v) is 9.17. The smallest absolute Gasteiger partial charge is 0.416 e. The summed E-state index contributed by atoms with van der Waals surface area (Å²) in [6.45, 7) is 0. The second kappa shape index (κ2) is 9.35. The first-order chi connectivity index (χ1) is 14.2. The van der Waals surface area contributed by atoms with Gasteiger partial charge in [0.2, 0.25) is 5.91 Å². The minimum Gasteiger partial charge on any atom is -0.480 e. The van der Waals surface area contributed by atoms with Crippen LogP contribution in [0.15, 0.2) is 36.4 Å². The molecule has 0 saturated carbocycles. The van der Waals surface area contributed by atoms with Crippen molar-refractivity contribution in [1.82, 2.24) is 5.32 Å². The maximum atomic E-state index is 12.9. The molecule has 168 valence electrons. The van der Waals surface area contributed by atoms with E-state index in [0.717, 1.165) is 0 Å². The quantitative estimate of drug-likeness (QED) is 0.537. The molecular formula is C19H13Cl2F6NO3. The number of alkyl halides is 6. The van der Waals surface area contributed by atoms with Crippen LogP contribution in [0.3, 0.4) is 0 Å². The van der Waals surface area contributed by atoms with Gasteiger partial charge in [-0.2, -0.15) is 26.3 Å². The molecule has 0 saturated heterocycles. The Labute approximate surface area is 181 Å². The third kappa shape index (κ3) is 7.03. The van der Waals surface area contributed by atoms with E-state index in [9.17, 15) is 41.0 Å². The van der Waals surface area contributed by atoms with Gasteiger partial charge in [-0.1, -0.05) is 29.3 Å². The van der Waals surface area contributed by atoms with Crippen molar-refractivity contribution < 1.29 is 41.0 Å². The first-order valence-electron chi connectivity index (χ1n) is 8.41. The fraction of sp³-hybridized carbons (Fsp3) is 0.263. The summed E-state index contributed by atoms with van der Waals surface area (Å²) in [6.07, 6.45) is -11.3. The molecule has 0 unspecified atom stereocenters. The summed E-state index contributed by atoms with van der Waals surface area (Å²) >= 11 is 11.7. The van der Waals surface area contributed by atoms with Crippen molar-refractivity contribution in [3.8, 4) is 0 Å². The average Bonchev–Trinajstić information content (AvgIpc) is 2.61. The summed E-state index contributed by atoms with van der Waals surface area (Å²) in [7, 11) is 0. The number of hydrogen-bond donors (Lipinski definition) is 2. The number of aliphatic carboxylic acids is 1. The Kier molecular flexibility index (Phi) is 7.48. The van der Waals surface area contributed by atoms with Crippen LogP contribution in [-0.4, -0.2) is 23.0 Å². The van der Waals surface area contributed by atoms with Gasteiger partial charge in [0.1, 0.15) is 6.04 Å². The molecule has 0 spiro atoms. The van der Waals surface area contributed by atoms with Gasteiger partial charge in [-0.3, -0.25) is 4.79 Å². The van der Waals surface area contributed by atoms with Crippen LogP contribution in [0.5, 0.6) is 0 Å². The van der Waals surface area contributed by atoms with E-state index in [-0.39, 0.29) is 22.5 Å². The predicted molar refractivity (Wildman–Crippen MR) is 99.9 cm³/mol. The topological polar surface area (TPSA) is 66.4 Å². The second-order valence-electron chi connectivity index (χ2n) is 6.49. The Morgan fingerprint density at radius 3 is 1.94 bits per heavy atom. The first kappa shape index (κ1) is 24.8. The molecule has 0 aliphatic rings. The summed E-state index contributed by atoms with van der Waals surface area (Å²) < 4.78 is 77.6. The Balaban J connectivity index is 2.23. The molecule has 2 aromatic carbocycles. The van der Waals surface area contributed by atoms with Gasteiger partial charge in [0, 0.05) is 16.5 Å². The number of carbonyl (C=O) groups excluding carboxylic acids is 1. The van der Waals surface area contributed by atoms with Gasteiger partial charge in [0.05, 0.1) is 17.5 Å². The summed E-state index contributed by atoms with van der Waals surface area (Å²) in [4.78, 5) is 23.6. The van der Waals surface area contributed by atoms with Gasteiger partial charge < -0.3 is 10.4 Å². The number of carboxylic acids is 1. The molecule has 31 heavy (non-hydrogen) atoms. The monoisotopic (exact) mass is 487 g/mol. The third-order valence-electron chi connectivity index (χ3n) is 4.08. The highest BCUT2D eigenvalue weighted by atomic mass is 35.5. The van der Waals surface area contributed by atoms with Crippen LogP contribution in [0.25, 0.3) is 0 Å². The van der Waals surface area contributed by atoms with E-state index in [2.05, 4.69) is 5.32 Å². The molecule has 0 radical (unpaired) electrons. The number of nitrogens with one attached hydrogen (secondary N) is 1. The zero-order chi connectivity index (χ0) is 23.6. The molecule has 2 rings (SSSR count). The Hall–Kier alpha value is -2.46. The average molecular weight is 488 g/mol. The van der Waals surface area contributed by atoms with E-state index in [1.165, 1.54) is 18.2 Å². The molecular weight excluding hydrogens is 475 g/mol. The summed E-state index contributed by atoms with van der Waals surface area (Å²) in [5, 5.41) is 11.8. The summed E-state index contributed by atoms with van der Waals surface area (Å²) in [5.41, 5.74) is -3.41. The van der Waals surface area contributed by atoms with Crippen LogP contribution < -0.4 is 5.32 Å². The van der Waals surface area contributed by atoms with Crippen LogP contribution in [0.4, 0.5) is 26.3 Å². The molecule has 2 aromatic rings. The number of halogens is 8. The van der Waals surface area contributed by atoms with Crippen LogP contribution in [-0.2, 0) is 34.8 Å². The van der Waals surface area contributed by atoms with E-state index in [1.807, 2.05) is 0 Å². The van der Waals surface area contributed by atoms with E-state index in [4.69, 9.17) is 23.2 Å².